The zero-order chi connectivity index (χ0) is 21.7. The molecule has 0 aliphatic rings. The SMILES string of the molecule is CS(=O)(=O)NCCc1ccc(C(=O)Nc2ccc(C(=O)NCC(F)(F)F)cc2)s1. The van der Waals surface area contributed by atoms with Gasteiger partial charge in [0.15, 0.2) is 0 Å². The second-order valence-electron chi connectivity index (χ2n) is 6.01. The largest absolute Gasteiger partial charge is 0.405 e. The van der Waals surface area contributed by atoms with Crippen LogP contribution in [0.2, 0.25) is 0 Å². The lowest BCUT2D eigenvalue weighted by Gasteiger charge is -2.09. The average Bonchev–Trinajstić information content (AvgIpc) is 3.07. The van der Waals surface area contributed by atoms with Crippen LogP contribution in [0.25, 0.3) is 0 Å². The smallest absolute Gasteiger partial charge is 0.343 e. The third kappa shape index (κ3) is 8.21. The summed E-state index contributed by atoms with van der Waals surface area (Å²) in [5.74, 6) is -1.27. The van der Waals surface area contributed by atoms with Gasteiger partial charge in [-0.3, -0.25) is 9.59 Å². The van der Waals surface area contributed by atoms with Crippen molar-refractivity contribution in [2.75, 3.05) is 24.7 Å². The monoisotopic (exact) mass is 449 g/mol. The van der Waals surface area contributed by atoms with E-state index < -0.39 is 34.6 Å². The van der Waals surface area contributed by atoms with E-state index in [4.69, 9.17) is 0 Å². The predicted molar refractivity (Wildman–Crippen MR) is 104 cm³/mol. The highest BCUT2D eigenvalue weighted by Gasteiger charge is 2.27. The van der Waals surface area contributed by atoms with Gasteiger partial charge in [0, 0.05) is 22.7 Å². The predicted octanol–water partition coefficient (Wildman–Crippen LogP) is 2.38. The molecule has 3 N–H and O–H groups in total. The number of nitrogens with one attached hydrogen (secondary N) is 3. The van der Waals surface area contributed by atoms with Crippen molar-refractivity contribution in [3.63, 3.8) is 0 Å². The Bertz CT molecular complexity index is 971. The third-order valence-electron chi connectivity index (χ3n) is 3.48. The van der Waals surface area contributed by atoms with E-state index in [0.29, 0.717) is 17.0 Å². The van der Waals surface area contributed by atoms with Crippen LogP contribution in [0.5, 0.6) is 0 Å². The van der Waals surface area contributed by atoms with Crippen LogP contribution in [0.1, 0.15) is 24.9 Å². The number of hydrogen-bond acceptors (Lipinski definition) is 5. The zero-order valence-electron chi connectivity index (χ0n) is 15.2. The standard InChI is InChI=1S/C17H18F3N3O4S2/c1-29(26,27)22-9-8-13-6-7-14(28-13)16(25)23-12-4-2-11(3-5-12)15(24)21-10-17(18,19)20/h2-7,22H,8-10H2,1H3,(H,21,24)(H,23,25). The van der Waals surface area contributed by atoms with Crippen molar-refractivity contribution in [3.05, 3.63) is 51.7 Å². The van der Waals surface area contributed by atoms with E-state index in [2.05, 4.69) is 10.0 Å². The number of anilines is 1. The molecule has 0 aliphatic heterocycles. The second kappa shape index (κ2) is 9.37. The molecular formula is C17H18F3N3O4S2. The molecule has 0 fully saturated rings. The maximum Gasteiger partial charge on any atom is 0.405 e. The molecule has 12 heteroatoms. The minimum absolute atomic E-state index is 0.0315. The number of halogens is 3. The van der Waals surface area contributed by atoms with Gasteiger partial charge in [-0.25, -0.2) is 13.1 Å². The number of rotatable bonds is 8. The number of benzene rings is 1. The number of alkyl halides is 3. The first-order valence-corrected chi connectivity index (χ1v) is 10.9. The molecule has 0 radical (unpaired) electrons. The van der Waals surface area contributed by atoms with E-state index in [1.54, 1.807) is 17.4 Å². The molecule has 1 heterocycles. The second-order valence-corrected chi connectivity index (χ2v) is 9.01. The van der Waals surface area contributed by atoms with Gasteiger partial charge in [-0.15, -0.1) is 11.3 Å². The highest BCUT2D eigenvalue weighted by molar-refractivity contribution is 7.88. The lowest BCUT2D eigenvalue weighted by molar-refractivity contribution is -0.123. The maximum absolute atomic E-state index is 12.3. The number of amides is 2. The topological polar surface area (TPSA) is 104 Å². The van der Waals surface area contributed by atoms with Crippen LogP contribution in [-0.2, 0) is 16.4 Å². The number of thiophene rings is 1. The van der Waals surface area contributed by atoms with E-state index in [0.717, 1.165) is 11.1 Å². The lowest BCUT2D eigenvalue weighted by atomic mass is 10.2. The highest BCUT2D eigenvalue weighted by Crippen LogP contribution is 2.19. The zero-order valence-corrected chi connectivity index (χ0v) is 16.8. The van der Waals surface area contributed by atoms with Crippen LogP contribution in [0.15, 0.2) is 36.4 Å². The van der Waals surface area contributed by atoms with Crippen LogP contribution in [0, 0.1) is 0 Å². The van der Waals surface area contributed by atoms with Crippen LogP contribution >= 0.6 is 11.3 Å². The van der Waals surface area contributed by atoms with Gasteiger partial charge in [-0.2, -0.15) is 13.2 Å². The Balaban J connectivity index is 1.90. The number of carbonyl (C=O) groups is 2. The molecule has 0 aliphatic carbocycles. The average molecular weight is 449 g/mol. The van der Waals surface area contributed by atoms with Crippen molar-refractivity contribution >= 4 is 38.9 Å². The highest BCUT2D eigenvalue weighted by atomic mass is 32.2. The first kappa shape index (κ1) is 22.8. The summed E-state index contributed by atoms with van der Waals surface area (Å²) in [5, 5.41) is 4.38. The van der Waals surface area contributed by atoms with Gasteiger partial charge in [-0.05, 0) is 42.8 Å². The molecule has 158 valence electrons. The summed E-state index contributed by atoms with van der Waals surface area (Å²) in [6, 6.07) is 8.75. The molecule has 2 amide bonds. The quantitative estimate of drug-likeness (QED) is 0.576. The molecule has 1 aromatic carbocycles. The Kier molecular flexibility index (Phi) is 7.38. The van der Waals surface area contributed by atoms with Gasteiger partial charge in [0.2, 0.25) is 10.0 Å². The fourth-order valence-electron chi connectivity index (χ4n) is 2.17. The Labute approximate surface area is 169 Å². The van der Waals surface area contributed by atoms with Crippen LogP contribution in [0.4, 0.5) is 18.9 Å². The van der Waals surface area contributed by atoms with E-state index in [-0.39, 0.29) is 12.1 Å². The molecule has 7 nitrogen and oxygen atoms in total. The molecule has 29 heavy (non-hydrogen) atoms. The summed E-state index contributed by atoms with van der Waals surface area (Å²) in [5.41, 5.74) is 0.403. The maximum atomic E-state index is 12.3. The van der Waals surface area contributed by atoms with Crippen molar-refractivity contribution in [1.82, 2.24) is 10.0 Å². The molecule has 1 aromatic heterocycles. The van der Waals surface area contributed by atoms with Gasteiger partial charge < -0.3 is 10.6 Å². The fraction of sp³-hybridized carbons (Fsp3) is 0.294. The molecule has 2 rings (SSSR count). The summed E-state index contributed by atoms with van der Waals surface area (Å²) in [6.07, 6.45) is -3.00. The molecule has 0 spiro atoms. The Morgan fingerprint density at radius 2 is 1.69 bits per heavy atom. The van der Waals surface area contributed by atoms with Crippen LogP contribution in [0.3, 0.4) is 0 Å². The van der Waals surface area contributed by atoms with Gasteiger partial charge >= 0.3 is 6.18 Å². The summed E-state index contributed by atoms with van der Waals surface area (Å²) in [4.78, 5) is 25.2. The number of hydrogen-bond donors (Lipinski definition) is 3. The Morgan fingerprint density at radius 3 is 2.28 bits per heavy atom. The normalized spacial score (nSPS) is 11.9. The van der Waals surface area contributed by atoms with Crippen LogP contribution < -0.4 is 15.4 Å². The van der Waals surface area contributed by atoms with Crippen molar-refractivity contribution in [2.45, 2.75) is 12.6 Å². The van der Waals surface area contributed by atoms with Crippen LogP contribution in [-0.4, -0.2) is 45.8 Å². The van der Waals surface area contributed by atoms with Crippen molar-refractivity contribution < 1.29 is 31.2 Å². The summed E-state index contributed by atoms with van der Waals surface area (Å²) < 4.78 is 60.8. The molecule has 0 bridgehead atoms. The van der Waals surface area contributed by atoms with Gasteiger partial charge in [0.05, 0.1) is 11.1 Å². The summed E-state index contributed by atoms with van der Waals surface area (Å²) >= 11 is 1.21. The first-order chi connectivity index (χ1) is 13.4. The number of sulfonamides is 1. The van der Waals surface area contributed by atoms with Gasteiger partial charge in [-0.1, -0.05) is 0 Å². The minimum atomic E-state index is -4.50. The third-order valence-corrected chi connectivity index (χ3v) is 5.35. The summed E-state index contributed by atoms with van der Waals surface area (Å²) in [6.45, 7) is -1.21. The minimum Gasteiger partial charge on any atom is -0.343 e. The lowest BCUT2D eigenvalue weighted by Crippen LogP contribution is -2.33. The Hall–Kier alpha value is -2.44. The first-order valence-electron chi connectivity index (χ1n) is 8.23. The van der Waals surface area contributed by atoms with Crippen molar-refractivity contribution in [1.29, 1.82) is 0 Å². The van der Waals surface area contributed by atoms with E-state index in [9.17, 15) is 31.2 Å². The molecule has 0 saturated heterocycles. The molecular weight excluding hydrogens is 431 g/mol. The summed E-state index contributed by atoms with van der Waals surface area (Å²) in [7, 11) is -3.27. The van der Waals surface area contributed by atoms with E-state index >= 15 is 0 Å². The Morgan fingerprint density at radius 1 is 1.03 bits per heavy atom. The van der Waals surface area contributed by atoms with Gasteiger partial charge in [0.25, 0.3) is 11.8 Å². The fourth-order valence-corrected chi connectivity index (χ4v) is 3.55. The molecule has 0 atom stereocenters. The number of carbonyl (C=O) groups excluding carboxylic acids is 2. The molecule has 0 saturated carbocycles. The van der Waals surface area contributed by atoms with Crippen molar-refractivity contribution in [2.24, 2.45) is 0 Å². The molecule has 0 unspecified atom stereocenters. The van der Waals surface area contributed by atoms with Gasteiger partial charge in [0.1, 0.15) is 6.54 Å². The van der Waals surface area contributed by atoms with E-state index in [1.807, 2.05) is 0 Å². The van der Waals surface area contributed by atoms with E-state index in [1.165, 1.54) is 35.6 Å². The molecule has 2 aromatic rings. The van der Waals surface area contributed by atoms with Crippen molar-refractivity contribution in [3.8, 4) is 0 Å².